The summed E-state index contributed by atoms with van der Waals surface area (Å²) in [4.78, 5) is 0. The van der Waals surface area contributed by atoms with Gasteiger partial charge in [0.15, 0.2) is 0 Å². The number of benzene rings is 5. The van der Waals surface area contributed by atoms with Crippen molar-refractivity contribution in [2.24, 2.45) is 0 Å². The van der Waals surface area contributed by atoms with E-state index in [9.17, 15) is 0 Å². The van der Waals surface area contributed by atoms with Crippen LogP contribution in [-0.4, -0.2) is 0 Å². The zero-order chi connectivity index (χ0) is 27.8. The molecule has 0 aliphatic heterocycles. The Bertz CT molecular complexity index is 1600. The van der Waals surface area contributed by atoms with Gasteiger partial charge in [0, 0.05) is 5.92 Å². The third-order valence-corrected chi connectivity index (χ3v) is 8.18. The van der Waals surface area contributed by atoms with Crippen LogP contribution in [0.15, 0.2) is 121 Å². The molecular formula is C40H36. The van der Waals surface area contributed by atoms with Crippen LogP contribution in [0, 0.1) is 34.6 Å². The Morgan fingerprint density at radius 1 is 0.300 bits per heavy atom. The van der Waals surface area contributed by atoms with Crippen LogP contribution in [0.25, 0.3) is 22.3 Å². The molecule has 0 fully saturated rings. The lowest BCUT2D eigenvalue weighted by Gasteiger charge is -2.22. The standard InChI is InChI=1S/C40H36/c1-26-6-16-31(17-7-26)36-37(32-18-8-27(2)9-19-32)39(34-22-12-29(4)13-23-34)40(35-24-14-30(5)15-25-35)38(36)33-20-10-28(3)11-21-33/h6-25,36H,1-5H3. The Balaban J connectivity index is 1.77. The summed E-state index contributed by atoms with van der Waals surface area (Å²) in [5.74, 6) is 0.0959. The van der Waals surface area contributed by atoms with Gasteiger partial charge in [0.25, 0.3) is 0 Å². The van der Waals surface area contributed by atoms with E-state index in [1.54, 1.807) is 0 Å². The zero-order valence-electron chi connectivity index (χ0n) is 24.1. The fourth-order valence-electron chi connectivity index (χ4n) is 5.92. The second-order valence-electron chi connectivity index (χ2n) is 11.4. The molecule has 0 bridgehead atoms. The molecule has 0 N–H and O–H groups in total. The molecular weight excluding hydrogens is 480 g/mol. The summed E-state index contributed by atoms with van der Waals surface area (Å²) in [6, 6.07) is 45.6. The highest BCUT2D eigenvalue weighted by molar-refractivity contribution is 6.29. The predicted octanol–water partition coefficient (Wildman–Crippen LogP) is 10.5. The number of hydrogen-bond donors (Lipinski definition) is 0. The van der Waals surface area contributed by atoms with Gasteiger partial charge in [0.05, 0.1) is 0 Å². The van der Waals surface area contributed by atoms with Gasteiger partial charge in [0.2, 0.25) is 0 Å². The van der Waals surface area contributed by atoms with Crippen LogP contribution in [0.5, 0.6) is 0 Å². The van der Waals surface area contributed by atoms with E-state index in [4.69, 9.17) is 0 Å². The minimum Gasteiger partial charge on any atom is -0.0590 e. The average molecular weight is 517 g/mol. The van der Waals surface area contributed by atoms with Gasteiger partial charge in [-0.2, -0.15) is 0 Å². The van der Waals surface area contributed by atoms with Crippen molar-refractivity contribution in [2.45, 2.75) is 40.5 Å². The van der Waals surface area contributed by atoms with Crippen molar-refractivity contribution in [1.82, 2.24) is 0 Å². The van der Waals surface area contributed by atoms with Crippen molar-refractivity contribution in [2.75, 3.05) is 0 Å². The molecule has 5 aromatic rings. The van der Waals surface area contributed by atoms with Crippen LogP contribution in [0.4, 0.5) is 0 Å². The molecule has 0 heterocycles. The summed E-state index contributed by atoms with van der Waals surface area (Å²) in [5.41, 5.74) is 18.2. The minimum atomic E-state index is 0.0959. The van der Waals surface area contributed by atoms with E-state index in [-0.39, 0.29) is 5.92 Å². The molecule has 40 heavy (non-hydrogen) atoms. The Morgan fingerprint density at radius 2 is 0.550 bits per heavy atom. The molecule has 1 aliphatic rings. The molecule has 0 atom stereocenters. The van der Waals surface area contributed by atoms with Crippen LogP contribution >= 0.6 is 0 Å². The third kappa shape index (κ3) is 4.87. The SMILES string of the molecule is Cc1ccc(C2=C(c3ccc(C)cc3)C(c3ccc(C)cc3)C(c3ccc(C)cc3)=C2c2ccc(C)cc2)cc1. The molecule has 0 unspecified atom stereocenters. The van der Waals surface area contributed by atoms with Gasteiger partial charge in [0.1, 0.15) is 0 Å². The second-order valence-corrected chi connectivity index (χ2v) is 11.4. The highest BCUT2D eigenvalue weighted by Gasteiger charge is 2.37. The average Bonchev–Trinajstić information content (AvgIpc) is 3.31. The van der Waals surface area contributed by atoms with Crippen molar-refractivity contribution in [3.8, 4) is 0 Å². The molecule has 0 saturated heterocycles. The highest BCUT2D eigenvalue weighted by atomic mass is 14.4. The lowest BCUT2D eigenvalue weighted by Crippen LogP contribution is -2.03. The van der Waals surface area contributed by atoms with Crippen LogP contribution in [-0.2, 0) is 0 Å². The topological polar surface area (TPSA) is 0 Å². The first-order valence-corrected chi connectivity index (χ1v) is 14.2. The maximum Gasteiger partial charge on any atom is 0.0364 e. The Morgan fingerprint density at radius 3 is 0.850 bits per heavy atom. The third-order valence-electron chi connectivity index (χ3n) is 8.18. The van der Waals surface area contributed by atoms with Gasteiger partial charge < -0.3 is 0 Å². The molecule has 0 amide bonds. The van der Waals surface area contributed by atoms with Crippen LogP contribution in [0.3, 0.4) is 0 Å². The summed E-state index contributed by atoms with van der Waals surface area (Å²) in [5, 5.41) is 0. The van der Waals surface area contributed by atoms with E-state index in [1.165, 1.54) is 77.9 Å². The summed E-state index contributed by atoms with van der Waals surface area (Å²) in [6.07, 6.45) is 0. The first-order valence-electron chi connectivity index (χ1n) is 14.2. The fourth-order valence-corrected chi connectivity index (χ4v) is 5.92. The molecule has 6 rings (SSSR count). The summed E-state index contributed by atoms with van der Waals surface area (Å²) in [7, 11) is 0. The van der Waals surface area contributed by atoms with Gasteiger partial charge in [-0.1, -0.05) is 149 Å². The second kappa shape index (κ2) is 10.6. The molecule has 0 spiro atoms. The first-order chi connectivity index (χ1) is 19.4. The zero-order valence-corrected chi connectivity index (χ0v) is 24.1. The molecule has 0 radical (unpaired) electrons. The molecule has 0 nitrogen and oxygen atoms in total. The molecule has 0 aromatic heterocycles. The number of aryl methyl sites for hydroxylation is 5. The highest BCUT2D eigenvalue weighted by Crippen LogP contribution is 2.58. The van der Waals surface area contributed by atoms with Gasteiger partial charge in [-0.25, -0.2) is 0 Å². The normalized spacial score (nSPS) is 13.8. The first kappa shape index (κ1) is 25.8. The number of rotatable bonds is 5. The van der Waals surface area contributed by atoms with E-state index < -0.39 is 0 Å². The van der Waals surface area contributed by atoms with Crippen molar-refractivity contribution >= 4 is 22.3 Å². The summed E-state index contributed by atoms with van der Waals surface area (Å²) in [6.45, 7) is 10.8. The Hall–Kier alpha value is -4.42. The lowest BCUT2D eigenvalue weighted by atomic mass is 9.80. The van der Waals surface area contributed by atoms with Gasteiger partial charge in [-0.15, -0.1) is 0 Å². The fraction of sp³-hybridized carbons (Fsp3) is 0.150. The van der Waals surface area contributed by atoms with Crippen LogP contribution < -0.4 is 0 Å². The van der Waals surface area contributed by atoms with Gasteiger partial charge in [-0.05, 0) is 84.7 Å². The van der Waals surface area contributed by atoms with Crippen molar-refractivity contribution < 1.29 is 0 Å². The van der Waals surface area contributed by atoms with Crippen LogP contribution in [0.2, 0.25) is 0 Å². The molecule has 0 saturated carbocycles. The van der Waals surface area contributed by atoms with Crippen molar-refractivity contribution in [3.63, 3.8) is 0 Å². The summed E-state index contributed by atoms with van der Waals surface area (Å²) < 4.78 is 0. The van der Waals surface area contributed by atoms with Gasteiger partial charge >= 0.3 is 0 Å². The quantitative estimate of drug-likeness (QED) is 0.218. The maximum absolute atomic E-state index is 2.33. The van der Waals surface area contributed by atoms with E-state index >= 15 is 0 Å². The molecule has 196 valence electrons. The largest absolute Gasteiger partial charge is 0.0590 e. The molecule has 5 aromatic carbocycles. The molecule has 1 aliphatic carbocycles. The Kier molecular flexibility index (Phi) is 6.86. The number of allylic oxidation sites excluding steroid dienone is 4. The van der Waals surface area contributed by atoms with E-state index in [0.29, 0.717) is 0 Å². The van der Waals surface area contributed by atoms with Gasteiger partial charge in [-0.3, -0.25) is 0 Å². The predicted molar refractivity (Wildman–Crippen MR) is 172 cm³/mol. The molecule has 0 heteroatoms. The van der Waals surface area contributed by atoms with Crippen LogP contribution in [0.1, 0.15) is 61.6 Å². The van der Waals surface area contributed by atoms with E-state index in [2.05, 4.69) is 156 Å². The maximum atomic E-state index is 2.33. The lowest BCUT2D eigenvalue weighted by molar-refractivity contribution is 1.13. The smallest absolute Gasteiger partial charge is 0.0364 e. The monoisotopic (exact) mass is 516 g/mol. The minimum absolute atomic E-state index is 0.0959. The Labute approximate surface area is 239 Å². The van der Waals surface area contributed by atoms with Crippen molar-refractivity contribution in [3.05, 3.63) is 177 Å². The number of hydrogen-bond acceptors (Lipinski definition) is 0. The van der Waals surface area contributed by atoms with Crippen molar-refractivity contribution in [1.29, 1.82) is 0 Å². The van der Waals surface area contributed by atoms with E-state index in [0.717, 1.165) is 0 Å². The summed E-state index contributed by atoms with van der Waals surface area (Å²) >= 11 is 0. The van der Waals surface area contributed by atoms with E-state index in [1.807, 2.05) is 0 Å².